The van der Waals surface area contributed by atoms with Crippen LogP contribution in [-0.4, -0.2) is 61.2 Å². The summed E-state index contributed by atoms with van der Waals surface area (Å²) in [6.07, 6.45) is 0. The van der Waals surface area contributed by atoms with Crippen molar-refractivity contribution in [1.82, 2.24) is 15.1 Å². The van der Waals surface area contributed by atoms with E-state index >= 15 is 0 Å². The topological polar surface area (TPSA) is 18.5 Å². The van der Waals surface area contributed by atoms with Gasteiger partial charge in [0.15, 0.2) is 0 Å². The van der Waals surface area contributed by atoms with Gasteiger partial charge in [0.2, 0.25) is 0 Å². The lowest BCUT2D eigenvalue weighted by atomic mass is 9.80. The molecule has 0 aromatic carbocycles. The van der Waals surface area contributed by atoms with Crippen LogP contribution in [-0.2, 0) is 0 Å². The van der Waals surface area contributed by atoms with Crippen molar-refractivity contribution in [3.8, 4) is 0 Å². The zero-order chi connectivity index (χ0) is 14.0. The molecule has 112 valence electrons. The van der Waals surface area contributed by atoms with Gasteiger partial charge < -0.3 is 10.2 Å². The van der Waals surface area contributed by atoms with E-state index in [1.807, 2.05) is 0 Å². The predicted molar refractivity (Wildman–Crippen MR) is 82.5 cm³/mol. The molecule has 0 saturated carbocycles. The van der Waals surface area contributed by atoms with Gasteiger partial charge in [0.05, 0.1) is 0 Å². The van der Waals surface area contributed by atoms with Crippen LogP contribution in [0.2, 0.25) is 0 Å². The van der Waals surface area contributed by atoms with Gasteiger partial charge >= 0.3 is 0 Å². The van der Waals surface area contributed by atoms with E-state index in [4.69, 9.17) is 0 Å². The average Bonchev–Trinajstić information content (AvgIpc) is 2.33. The maximum absolute atomic E-state index is 3.55. The fraction of sp³-hybridized carbons (Fsp3) is 1.00. The Hall–Kier alpha value is -0.120. The van der Waals surface area contributed by atoms with E-state index < -0.39 is 0 Å². The molecule has 2 unspecified atom stereocenters. The van der Waals surface area contributed by atoms with Gasteiger partial charge in [0.25, 0.3) is 0 Å². The molecule has 2 saturated heterocycles. The van der Waals surface area contributed by atoms with Crippen molar-refractivity contribution in [3.05, 3.63) is 0 Å². The summed E-state index contributed by atoms with van der Waals surface area (Å²) in [7, 11) is 0. The van der Waals surface area contributed by atoms with Gasteiger partial charge in [0.1, 0.15) is 0 Å². The lowest BCUT2D eigenvalue weighted by molar-refractivity contribution is 0.0394. The normalized spacial score (nSPS) is 35.5. The minimum Gasteiger partial charge on any atom is -0.316 e. The average molecular weight is 267 g/mol. The first kappa shape index (κ1) is 15.3. The second kappa shape index (κ2) is 6.11. The molecule has 0 aromatic rings. The summed E-state index contributed by atoms with van der Waals surface area (Å²) in [5.74, 6) is 2.52. The summed E-state index contributed by atoms with van der Waals surface area (Å²) in [4.78, 5) is 5.32. The van der Waals surface area contributed by atoms with E-state index in [0.29, 0.717) is 5.54 Å². The van der Waals surface area contributed by atoms with Gasteiger partial charge in [-0.1, -0.05) is 13.8 Å². The monoisotopic (exact) mass is 267 g/mol. The quantitative estimate of drug-likeness (QED) is 0.824. The van der Waals surface area contributed by atoms with Crippen molar-refractivity contribution in [2.75, 3.05) is 45.8 Å². The van der Waals surface area contributed by atoms with Crippen molar-refractivity contribution in [3.63, 3.8) is 0 Å². The Morgan fingerprint density at radius 1 is 0.947 bits per heavy atom. The first-order valence-electron chi connectivity index (χ1n) is 8.06. The van der Waals surface area contributed by atoms with Gasteiger partial charge in [-0.15, -0.1) is 0 Å². The lowest BCUT2D eigenvalue weighted by Gasteiger charge is -2.45. The second-order valence-electron chi connectivity index (χ2n) is 7.74. The highest BCUT2D eigenvalue weighted by atomic mass is 15.3. The molecule has 2 heterocycles. The molecule has 0 bridgehead atoms. The summed E-state index contributed by atoms with van der Waals surface area (Å²) in [5.41, 5.74) is 0.335. The third-order valence-electron chi connectivity index (χ3n) is 5.18. The Labute approximate surface area is 119 Å². The van der Waals surface area contributed by atoms with Crippen molar-refractivity contribution in [2.24, 2.45) is 17.8 Å². The van der Waals surface area contributed by atoms with Gasteiger partial charge in [-0.05, 0) is 51.6 Å². The van der Waals surface area contributed by atoms with Gasteiger partial charge in [-0.3, -0.25) is 4.90 Å². The summed E-state index contributed by atoms with van der Waals surface area (Å²) >= 11 is 0. The Kier molecular flexibility index (Phi) is 4.91. The van der Waals surface area contributed by atoms with Crippen LogP contribution in [0.4, 0.5) is 0 Å². The largest absolute Gasteiger partial charge is 0.316 e. The standard InChI is InChI=1S/C16H33N3/c1-13-10-17-11-14(2)15(13)12-18-6-8-19(9-7-18)16(3,4)5/h13-15,17H,6-12H2,1-5H3. The molecule has 2 rings (SSSR count). The molecular formula is C16H33N3. The smallest absolute Gasteiger partial charge is 0.0126 e. The molecule has 19 heavy (non-hydrogen) atoms. The lowest BCUT2D eigenvalue weighted by Crippen LogP contribution is -2.55. The molecule has 1 N–H and O–H groups in total. The van der Waals surface area contributed by atoms with Crippen molar-refractivity contribution in [2.45, 2.75) is 40.2 Å². The zero-order valence-electron chi connectivity index (χ0n) is 13.6. The maximum Gasteiger partial charge on any atom is 0.0126 e. The molecule has 2 aliphatic rings. The summed E-state index contributed by atoms with van der Waals surface area (Å²) in [6, 6.07) is 0. The van der Waals surface area contributed by atoms with Crippen LogP contribution in [0.15, 0.2) is 0 Å². The van der Waals surface area contributed by atoms with E-state index in [1.165, 1.54) is 45.8 Å². The van der Waals surface area contributed by atoms with Crippen LogP contribution in [0, 0.1) is 17.8 Å². The highest BCUT2D eigenvalue weighted by Gasteiger charge is 2.31. The number of rotatable bonds is 2. The third kappa shape index (κ3) is 3.93. The molecule has 2 fully saturated rings. The Balaban J connectivity index is 1.82. The molecule has 2 aliphatic heterocycles. The Morgan fingerprint density at radius 2 is 1.47 bits per heavy atom. The Morgan fingerprint density at radius 3 is 1.95 bits per heavy atom. The maximum atomic E-state index is 3.55. The van der Waals surface area contributed by atoms with Crippen LogP contribution in [0.5, 0.6) is 0 Å². The number of piperazine rings is 1. The van der Waals surface area contributed by atoms with E-state index in [-0.39, 0.29) is 0 Å². The van der Waals surface area contributed by atoms with Crippen molar-refractivity contribution < 1.29 is 0 Å². The molecule has 0 spiro atoms. The first-order chi connectivity index (χ1) is 8.88. The summed E-state index contributed by atoms with van der Waals surface area (Å²) < 4.78 is 0. The van der Waals surface area contributed by atoms with Crippen molar-refractivity contribution >= 4 is 0 Å². The molecule has 0 amide bonds. The number of nitrogens with zero attached hydrogens (tertiary/aromatic N) is 2. The minimum atomic E-state index is 0.335. The highest BCUT2D eigenvalue weighted by molar-refractivity contribution is 4.86. The highest BCUT2D eigenvalue weighted by Crippen LogP contribution is 2.26. The van der Waals surface area contributed by atoms with E-state index in [0.717, 1.165) is 17.8 Å². The summed E-state index contributed by atoms with van der Waals surface area (Å²) in [5, 5.41) is 3.55. The SMILES string of the molecule is CC1CNCC(C)C1CN1CCN(C(C)(C)C)CC1. The van der Waals surface area contributed by atoms with E-state index in [9.17, 15) is 0 Å². The molecular weight excluding hydrogens is 234 g/mol. The van der Waals surface area contributed by atoms with Gasteiger partial charge in [-0.25, -0.2) is 0 Å². The zero-order valence-corrected chi connectivity index (χ0v) is 13.6. The second-order valence-corrected chi connectivity index (χ2v) is 7.74. The van der Waals surface area contributed by atoms with Gasteiger partial charge in [-0.2, -0.15) is 0 Å². The fourth-order valence-electron chi connectivity index (χ4n) is 3.66. The fourth-order valence-corrected chi connectivity index (χ4v) is 3.66. The molecule has 3 nitrogen and oxygen atoms in total. The predicted octanol–water partition coefficient (Wildman–Crippen LogP) is 1.89. The first-order valence-corrected chi connectivity index (χ1v) is 8.06. The summed E-state index contributed by atoms with van der Waals surface area (Å²) in [6.45, 7) is 20.5. The molecule has 3 heteroatoms. The third-order valence-corrected chi connectivity index (χ3v) is 5.18. The minimum absolute atomic E-state index is 0.335. The number of hydrogen-bond acceptors (Lipinski definition) is 3. The van der Waals surface area contributed by atoms with Crippen LogP contribution in [0.3, 0.4) is 0 Å². The van der Waals surface area contributed by atoms with Crippen LogP contribution >= 0.6 is 0 Å². The molecule has 0 aliphatic carbocycles. The number of piperidine rings is 1. The molecule has 2 atom stereocenters. The van der Waals surface area contributed by atoms with Crippen molar-refractivity contribution in [1.29, 1.82) is 0 Å². The van der Waals surface area contributed by atoms with E-state index in [2.05, 4.69) is 49.7 Å². The van der Waals surface area contributed by atoms with Crippen LogP contribution in [0.25, 0.3) is 0 Å². The van der Waals surface area contributed by atoms with E-state index in [1.54, 1.807) is 0 Å². The van der Waals surface area contributed by atoms with Crippen LogP contribution < -0.4 is 5.32 Å². The number of nitrogens with one attached hydrogen (secondary N) is 1. The number of hydrogen-bond donors (Lipinski definition) is 1. The van der Waals surface area contributed by atoms with Gasteiger partial charge in [0, 0.05) is 38.3 Å². The van der Waals surface area contributed by atoms with Crippen LogP contribution in [0.1, 0.15) is 34.6 Å². The molecule has 0 radical (unpaired) electrons. The molecule has 0 aromatic heterocycles. The Bertz CT molecular complexity index is 266.